The van der Waals surface area contributed by atoms with Gasteiger partial charge in [-0.1, -0.05) is 27.5 Å². The number of hydrogen-bond acceptors (Lipinski definition) is 2. The molecule has 0 saturated heterocycles. The summed E-state index contributed by atoms with van der Waals surface area (Å²) in [5.41, 5.74) is 2.02. The van der Waals surface area contributed by atoms with E-state index in [0.717, 1.165) is 41.4 Å². The maximum absolute atomic E-state index is 6.20. The van der Waals surface area contributed by atoms with Crippen LogP contribution in [0.2, 0.25) is 5.02 Å². The first kappa shape index (κ1) is 14.0. The minimum absolute atomic E-state index is 0.801. The summed E-state index contributed by atoms with van der Waals surface area (Å²) in [4.78, 5) is 0. The van der Waals surface area contributed by atoms with Gasteiger partial charge in [-0.05, 0) is 33.2 Å². The second kappa shape index (κ2) is 7.30. The molecule has 0 aromatic carbocycles. The highest BCUT2D eigenvalue weighted by Gasteiger charge is 2.11. The van der Waals surface area contributed by atoms with Crippen LogP contribution in [-0.2, 0) is 13.1 Å². The van der Waals surface area contributed by atoms with Gasteiger partial charge in [0.2, 0.25) is 0 Å². The Bertz CT molecular complexity index is 325. The standard InChI is InChI=1S/C11H19BrClN3/c1-3-16-10(11(13)9(2)15-16)8-14-7-5-4-6-12/h14H,3-8H2,1-2H3. The Kier molecular flexibility index (Phi) is 6.39. The molecule has 0 atom stereocenters. The molecule has 92 valence electrons. The van der Waals surface area contributed by atoms with Gasteiger partial charge in [0, 0.05) is 18.4 Å². The first-order valence-corrected chi connectivity index (χ1v) is 7.19. The van der Waals surface area contributed by atoms with Crippen LogP contribution in [0.1, 0.15) is 31.2 Å². The third-order valence-electron chi connectivity index (χ3n) is 2.48. The molecule has 1 aromatic heterocycles. The highest BCUT2D eigenvalue weighted by molar-refractivity contribution is 9.09. The van der Waals surface area contributed by atoms with Gasteiger partial charge in [-0.2, -0.15) is 5.10 Å². The molecule has 3 nitrogen and oxygen atoms in total. The van der Waals surface area contributed by atoms with Crippen molar-refractivity contribution in [3.05, 3.63) is 16.4 Å². The van der Waals surface area contributed by atoms with Gasteiger partial charge in [0.15, 0.2) is 0 Å². The minimum Gasteiger partial charge on any atom is -0.311 e. The molecule has 0 saturated carbocycles. The molecule has 0 amide bonds. The molecule has 5 heteroatoms. The second-order valence-corrected chi connectivity index (χ2v) is 4.91. The van der Waals surface area contributed by atoms with Crippen LogP contribution in [0.5, 0.6) is 0 Å². The largest absolute Gasteiger partial charge is 0.311 e. The van der Waals surface area contributed by atoms with E-state index in [0.29, 0.717) is 0 Å². The van der Waals surface area contributed by atoms with E-state index in [-0.39, 0.29) is 0 Å². The molecular formula is C11H19BrClN3. The summed E-state index contributed by atoms with van der Waals surface area (Å²) in [7, 11) is 0. The third kappa shape index (κ3) is 3.75. The number of nitrogens with zero attached hydrogens (tertiary/aromatic N) is 2. The number of aromatic nitrogens is 2. The fourth-order valence-corrected chi connectivity index (χ4v) is 2.19. The molecule has 0 bridgehead atoms. The molecule has 1 N–H and O–H groups in total. The topological polar surface area (TPSA) is 29.9 Å². The van der Waals surface area contributed by atoms with Crippen LogP contribution in [0.4, 0.5) is 0 Å². The number of unbranched alkanes of at least 4 members (excludes halogenated alkanes) is 1. The van der Waals surface area contributed by atoms with E-state index >= 15 is 0 Å². The van der Waals surface area contributed by atoms with Crippen molar-refractivity contribution in [2.24, 2.45) is 0 Å². The second-order valence-electron chi connectivity index (χ2n) is 3.73. The van der Waals surface area contributed by atoms with Crippen LogP contribution in [-0.4, -0.2) is 21.7 Å². The normalized spacial score (nSPS) is 11.0. The fraction of sp³-hybridized carbons (Fsp3) is 0.727. The predicted octanol–water partition coefficient (Wildman–Crippen LogP) is 3.13. The third-order valence-corrected chi connectivity index (χ3v) is 3.53. The molecular weight excluding hydrogens is 289 g/mol. The van der Waals surface area contributed by atoms with E-state index in [2.05, 4.69) is 33.3 Å². The number of hydrogen-bond donors (Lipinski definition) is 1. The molecule has 0 aliphatic carbocycles. The monoisotopic (exact) mass is 307 g/mol. The lowest BCUT2D eigenvalue weighted by Gasteiger charge is -2.06. The smallest absolute Gasteiger partial charge is 0.0860 e. The molecule has 0 aliphatic rings. The van der Waals surface area contributed by atoms with E-state index in [1.54, 1.807) is 0 Å². The Morgan fingerprint density at radius 1 is 1.44 bits per heavy atom. The average molecular weight is 309 g/mol. The highest BCUT2D eigenvalue weighted by Crippen LogP contribution is 2.19. The lowest BCUT2D eigenvalue weighted by Crippen LogP contribution is -2.18. The van der Waals surface area contributed by atoms with E-state index < -0.39 is 0 Å². The van der Waals surface area contributed by atoms with E-state index in [4.69, 9.17) is 11.6 Å². The molecule has 0 fully saturated rings. The molecule has 1 aromatic rings. The Morgan fingerprint density at radius 2 is 2.19 bits per heavy atom. The van der Waals surface area contributed by atoms with Crippen molar-refractivity contribution < 1.29 is 0 Å². The number of nitrogens with one attached hydrogen (secondary N) is 1. The number of aryl methyl sites for hydroxylation is 2. The zero-order chi connectivity index (χ0) is 12.0. The van der Waals surface area contributed by atoms with Crippen LogP contribution >= 0.6 is 27.5 Å². The summed E-state index contributed by atoms with van der Waals surface area (Å²) in [5.74, 6) is 0. The van der Waals surface area contributed by atoms with Gasteiger partial charge in [0.1, 0.15) is 0 Å². The van der Waals surface area contributed by atoms with Crippen molar-refractivity contribution in [3.63, 3.8) is 0 Å². The van der Waals surface area contributed by atoms with E-state index in [1.807, 2.05) is 11.6 Å². The van der Waals surface area contributed by atoms with Crippen LogP contribution < -0.4 is 5.32 Å². The first-order chi connectivity index (χ1) is 7.70. The van der Waals surface area contributed by atoms with E-state index in [1.165, 1.54) is 12.8 Å². The summed E-state index contributed by atoms with van der Waals surface area (Å²) >= 11 is 9.62. The maximum Gasteiger partial charge on any atom is 0.0860 e. The number of alkyl halides is 1. The minimum atomic E-state index is 0.801. The summed E-state index contributed by atoms with van der Waals surface area (Å²) < 4.78 is 1.97. The summed E-state index contributed by atoms with van der Waals surface area (Å²) in [5, 5.41) is 9.65. The van der Waals surface area contributed by atoms with Crippen molar-refractivity contribution in [1.82, 2.24) is 15.1 Å². The molecule has 0 radical (unpaired) electrons. The van der Waals surface area contributed by atoms with Crippen molar-refractivity contribution in [2.75, 3.05) is 11.9 Å². The Hall–Kier alpha value is -0.0600. The van der Waals surface area contributed by atoms with Crippen LogP contribution in [0.3, 0.4) is 0 Å². The van der Waals surface area contributed by atoms with Gasteiger partial charge < -0.3 is 5.32 Å². The SMILES string of the molecule is CCn1nc(C)c(Cl)c1CNCCCCBr. The first-order valence-electron chi connectivity index (χ1n) is 5.69. The van der Waals surface area contributed by atoms with Crippen LogP contribution in [0.25, 0.3) is 0 Å². The van der Waals surface area contributed by atoms with Gasteiger partial charge in [0.05, 0.1) is 16.4 Å². The molecule has 1 rings (SSSR count). The zero-order valence-corrected chi connectivity index (χ0v) is 12.2. The molecule has 1 heterocycles. The maximum atomic E-state index is 6.20. The Balaban J connectivity index is 2.46. The van der Waals surface area contributed by atoms with Crippen LogP contribution in [0, 0.1) is 6.92 Å². The Labute approximate surface area is 111 Å². The van der Waals surface area contributed by atoms with Gasteiger partial charge in [-0.15, -0.1) is 0 Å². The van der Waals surface area contributed by atoms with Gasteiger partial charge >= 0.3 is 0 Å². The average Bonchev–Trinajstić information content (AvgIpc) is 2.56. The summed E-state index contributed by atoms with van der Waals surface area (Å²) in [6, 6.07) is 0. The van der Waals surface area contributed by atoms with Crippen LogP contribution in [0.15, 0.2) is 0 Å². The van der Waals surface area contributed by atoms with Crippen molar-refractivity contribution in [1.29, 1.82) is 0 Å². The zero-order valence-electron chi connectivity index (χ0n) is 9.89. The quantitative estimate of drug-likeness (QED) is 0.619. The van der Waals surface area contributed by atoms with Gasteiger partial charge in [-0.3, -0.25) is 4.68 Å². The summed E-state index contributed by atoms with van der Waals surface area (Å²) in [6.45, 7) is 6.72. The van der Waals surface area contributed by atoms with Gasteiger partial charge in [-0.25, -0.2) is 0 Å². The molecule has 0 aliphatic heterocycles. The number of halogens is 2. The number of rotatable bonds is 7. The van der Waals surface area contributed by atoms with Crippen molar-refractivity contribution in [3.8, 4) is 0 Å². The van der Waals surface area contributed by atoms with Gasteiger partial charge in [0.25, 0.3) is 0 Å². The van der Waals surface area contributed by atoms with Crippen molar-refractivity contribution in [2.45, 2.75) is 39.8 Å². The lowest BCUT2D eigenvalue weighted by atomic mass is 10.3. The molecule has 16 heavy (non-hydrogen) atoms. The van der Waals surface area contributed by atoms with E-state index in [9.17, 15) is 0 Å². The lowest BCUT2D eigenvalue weighted by molar-refractivity contribution is 0.570. The van der Waals surface area contributed by atoms with Crippen molar-refractivity contribution >= 4 is 27.5 Å². The summed E-state index contributed by atoms with van der Waals surface area (Å²) in [6.07, 6.45) is 2.38. The highest BCUT2D eigenvalue weighted by atomic mass is 79.9. The predicted molar refractivity (Wildman–Crippen MR) is 72.4 cm³/mol. The Morgan fingerprint density at radius 3 is 2.81 bits per heavy atom. The fourth-order valence-electron chi connectivity index (χ4n) is 1.59. The molecule has 0 spiro atoms. The molecule has 0 unspecified atom stereocenters.